The van der Waals surface area contributed by atoms with Gasteiger partial charge >= 0.3 is 0 Å². The second-order valence-corrected chi connectivity index (χ2v) is 6.72. The van der Waals surface area contributed by atoms with E-state index in [4.69, 9.17) is 9.26 Å². The predicted octanol–water partition coefficient (Wildman–Crippen LogP) is 3.17. The molecule has 0 unspecified atom stereocenters. The molecule has 0 bridgehead atoms. The fourth-order valence-electron chi connectivity index (χ4n) is 3.21. The molecule has 1 aromatic heterocycles. The first-order valence-corrected chi connectivity index (χ1v) is 9.27. The van der Waals surface area contributed by atoms with Crippen LogP contribution < -0.4 is 5.32 Å². The number of aromatic nitrogens is 1. The number of nitrogens with one attached hydrogen (secondary N) is 1. The zero-order chi connectivity index (χ0) is 18.2. The van der Waals surface area contributed by atoms with E-state index in [1.54, 1.807) is 0 Å². The molecule has 0 atom stereocenters. The van der Waals surface area contributed by atoms with Crippen LogP contribution in [0.3, 0.4) is 0 Å². The molecule has 6 heteroatoms. The lowest BCUT2D eigenvalue weighted by atomic mass is 9.96. The van der Waals surface area contributed by atoms with Gasteiger partial charge in [-0.05, 0) is 25.2 Å². The molecule has 0 radical (unpaired) electrons. The summed E-state index contributed by atoms with van der Waals surface area (Å²) in [6.07, 6.45) is 3.50. The highest BCUT2D eigenvalue weighted by Crippen LogP contribution is 2.20. The Morgan fingerprint density at radius 2 is 2.04 bits per heavy atom. The Kier molecular flexibility index (Phi) is 6.66. The molecule has 1 saturated heterocycles. The van der Waals surface area contributed by atoms with Gasteiger partial charge in [0.25, 0.3) is 0 Å². The standard InChI is InChI=1S/C20H28N4O2/c1-21-20(24(2)11-8-16-9-12-25-13-10-16)22-15-18-14-19(26-23-18)17-6-4-3-5-7-17/h3-7,14,16H,8-13,15H2,1-2H3,(H,21,22). The van der Waals surface area contributed by atoms with Crippen LogP contribution in [0.25, 0.3) is 11.3 Å². The summed E-state index contributed by atoms with van der Waals surface area (Å²) in [5.41, 5.74) is 1.90. The highest BCUT2D eigenvalue weighted by molar-refractivity contribution is 5.79. The van der Waals surface area contributed by atoms with Crippen LogP contribution >= 0.6 is 0 Å². The van der Waals surface area contributed by atoms with Crippen LogP contribution in [0.2, 0.25) is 0 Å². The average molecular weight is 356 g/mol. The van der Waals surface area contributed by atoms with Gasteiger partial charge in [0.1, 0.15) is 5.69 Å². The van der Waals surface area contributed by atoms with Gasteiger partial charge in [-0.2, -0.15) is 0 Å². The third-order valence-corrected chi connectivity index (χ3v) is 4.83. The molecule has 3 rings (SSSR count). The molecule has 2 heterocycles. The lowest BCUT2D eigenvalue weighted by Gasteiger charge is -2.26. The van der Waals surface area contributed by atoms with Gasteiger partial charge < -0.3 is 19.5 Å². The number of benzene rings is 1. The summed E-state index contributed by atoms with van der Waals surface area (Å²) in [7, 11) is 3.89. The normalized spacial score (nSPS) is 15.8. The molecule has 1 N–H and O–H groups in total. The highest BCUT2D eigenvalue weighted by atomic mass is 16.5. The van der Waals surface area contributed by atoms with E-state index < -0.39 is 0 Å². The van der Waals surface area contributed by atoms with Crippen LogP contribution in [-0.4, -0.2) is 49.9 Å². The van der Waals surface area contributed by atoms with Crippen molar-refractivity contribution in [3.8, 4) is 11.3 Å². The van der Waals surface area contributed by atoms with Crippen LogP contribution in [-0.2, 0) is 11.3 Å². The molecule has 0 amide bonds. The molecule has 6 nitrogen and oxygen atoms in total. The third-order valence-electron chi connectivity index (χ3n) is 4.83. The van der Waals surface area contributed by atoms with Gasteiger partial charge in [-0.3, -0.25) is 4.99 Å². The maximum atomic E-state index is 5.45. The second kappa shape index (κ2) is 9.38. The summed E-state index contributed by atoms with van der Waals surface area (Å²) in [5.74, 6) is 2.42. The lowest BCUT2D eigenvalue weighted by molar-refractivity contribution is 0.0625. The first-order chi connectivity index (χ1) is 12.8. The Hall–Kier alpha value is -2.34. The van der Waals surface area contributed by atoms with E-state index >= 15 is 0 Å². The number of ether oxygens (including phenoxy) is 1. The monoisotopic (exact) mass is 356 g/mol. The van der Waals surface area contributed by atoms with E-state index in [0.717, 1.165) is 48.7 Å². The zero-order valence-electron chi connectivity index (χ0n) is 15.6. The first kappa shape index (κ1) is 18.5. The van der Waals surface area contributed by atoms with Crippen LogP contribution in [0.15, 0.2) is 45.9 Å². The summed E-state index contributed by atoms with van der Waals surface area (Å²) < 4.78 is 10.9. The molecule has 1 fully saturated rings. The van der Waals surface area contributed by atoms with Gasteiger partial charge in [-0.15, -0.1) is 0 Å². The molecule has 140 valence electrons. The van der Waals surface area contributed by atoms with E-state index in [9.17, 15) is 0 Å². The topological polar surface area (TPSA) is 62.9 Å². The molecular weight excluding hydrogens is 328 g/mol. The quantitative estimate of drug-likeness (QED) is 0.636. The van der Waals surface area contributed by atoms with Crippen molar-refractivity contribution in [2.45, 2.75) is 25.8 Å². The van der Waals surface area contributed by atoms with Crippen LogP contribution in [0.1, 0.15) is 25.0 Å². The molecule has 0 spiro atoms. The predicted molar refractivity (Wildman–Crippen MR) is 103 cm³/mol. The van der Waals surface area contributed by atoms with Crippen molar-refractivity contribution in [3.63, 3.8) is 0 Å². The number of rotatable bonds is 6. The zero-order valence-corrected chi connectivity index (χ0v) is 15.6. The second-order valence-electron chi connectivity index (χ2n) is 6.72. The summed E-state index contributed by atoms with van der Waals surface area (Å²) in [5, 5.41) is 7.52. The van der Waals surface area contributed by atoms with Crippen LogP contribution in [0.4, 0.5) is 0 Å². The minimum Gasteiger partial charge on any atom is -0.381 e. The maximum absolute atomic E-state index is 5.45. The van der Waals surface area contributed by atoms with Crippen molar-refractivity contribution < 1.29 is 9.26 Å². The van der Waals surface area contributed by atoms with E-state index in [1.165, 1.54) is 19.3 Å². The van der Waals surface area contributed by atoms with Crippen molar-refractivity contribution in [3.05, 3.63) is 42.1 Å². The summed E-state index contributed by atoms with van der Waals surface area (Å²) in [4.78, 5) is 6.55. The van der Waals surface area contributed by atoms with E-state index in [0.29, 0.717) is 6.54 Å². The van der Waals surface area contributed by atoms with Gasteiger partial charge in [0, 0.05) is 45.5 Å². The Morgan fingerprint density at radius 3 is 2.77 bits per heavy atom. The first-order valence-electron chi connectivity index (χ1n) is 9.27. The van der Waals surface area contributed by atoms with Crippen molar-refractivity contribution in [1.29, 1.82) is 0 Å². The fourth-order valence-corrected chi connectivity index (χ4v) is 3.21. The molecule has 1 aliphatic heterocycles. The maximum Gasteiger partial charge on any atom is 0.193 e. The number of nitrogens with zero attached hydrogens (tertiary/aromatic N) is 3. The Balaban J connectivity index is 1.48. The highest BCUT2D eigenvalue weighted by Gasteiger charge is 2.15. The van der Waals surface area contributed by atoms with Crippen LogP contribution in [0, 0.1) is 5.92 Å². The number of hydrogen-bond acceptors (Lipinski definition) is 4. The largest absolute Gasteiger partial charge is 0.381 e. The molecule has 2 aromatic rings. The molecular formula is C20H28N4O2. The Morgan fingerprint density at radius 1 is 1.27 bits per heavy atom. The average Bonchev–Trinajstić information content (AvgIpc) is 3.17. The Labute approximate surface area is 155 Å². The molecule has 1 aliphatic rings. The number of hydrogen-bond donors (Lipinski definition) is 1. The van der Waals surface area contributed by atoms with Crippen molar-refractivity contribution in [2.24, 2.45) is 10.9 Å². The van der Waals surface area contributed by atoms with Crippen LogP contribution in [0.5, 0.6) is 0 Å². The van der Waals surface area contributed by atoms with Gasteiger partial charge in [0.15, 0.2) is 11.7 Å². The lowest BCUT2D eigenvalue weighted by Crippen LogP contribution is -2.39. The van der Waals surface area contributed by atoms with Crippen molar-refractivity contribution in [2.75, 3.05) is 33.9 Å². The van der Waals surface area contributed by atoms with E-state index in [1.807, 2.05) is 43.4 Å². The minimum absolute atomic E-state index is 0.588. The Bertz CT molecular complexity index is 693. The van der Waals surface area contributed by atoms with Crippen molar-refractivity contribution in [1.82, 2.24) is 15.4 Å². The fraction of sp³-hybridized carbons (Fsp3) is 0.500. The minimum atomic E-state index is 0.588. The van der Waals surface area contributed by atoms with Gasteiger partial charge in [-0.1, -0.05) is 35.5 Å². The van der Waals surface area contributed by atoms with Gasteiger partial charge in [0.05, 0.1) is 6.54 Å². The van der Waals surface area contributed by atoms with Crippen molar-refractivity contribution >= 4 is 5.96 Å². The summed E-state index contributed by atoms with van der Waals surface area (Å²) >= 11 is 0. The summed E-state index contributed by atoms with van der Waals surface area (Å²) in [6.45, 7) is 3.37. The van der Waals surface area contributed by atoms with E-state index in [2.05, 4.69) is 27.4 Å². The van der Waals surface area contributed by atoms with Gasteiger partial charge in [0.2, 0.25) is 0 Å². The molecule has 0 saturated carbocycles. The van der Waals surface area contributed by atoms with E-state index in [-0.39, 0.29) is 0 Å². The molecule has 0 aliphatic carbocycles. The smallest absolute Gasteiger partial charge is 0.193 e. The van der Waals surface area contributed by atoms with Gasteiger partial charge in [-0.25, -0.2) is 0 Å². The SMILES string of the molecule is CN=C(NCc1cc(-c2ccccc2)on1)N(C)CCC1CCOCC1. The summed E-state index contributed by atoms with van der Waals surface area (Å²) in [6, 6.07) is 12.0. The number of guanidine groups is 1. The number of aliphatic imine (C=N–C) groups is 1. The molecule has 1 aromatic carbocycles. The molecule has 26 heavy (non-hydrogen) atoms. The third kappa shape index (κ3) is 5.08.